The molecule has 12 nitrogen and oxygen atoms in total. The average molecular weight is 467 g/mol. The van der Waals surface area contributed by atoms with E-state index in [1.807, 2.05) is 0 Å². The molecule has 0 unspecified atom stereocenters. The zero-order valence-electron chi connectivity index (χ0n) is 15.3. The molecule has 0 aromatic heterocycles. The van der Waals surface area contributed by atoms with Gasteiger partial charge < -0.3 is 0 Å². The van der Waals surface area contributed by atoms with Gasteiger partial charge in [-0.25, -0.2) is 10.9 Å². The van der Waals surface area contributed by atoms with Crippen LogP contribution in [0.15, 0.2) is 46.6 Å². The molecule has 0 aliphatic rings. The van der Waals surface area contributed by atoms with Crippen LogP contribution in [-0.2, 0) is 9.59 Å². The van der Waals surface area contributed by atoms with Gasteiger partial charge in [-0.3, -0.25) is 29.8 Å². The van der Waals surface area contributed by atoms with Crippen LogP contribution in [0.25, 0.3) is 0 Å². The van der Waals surface area contributed by atoms with Crippen molar-refractivity contribution in [3.05, 3.63) is 77.8 Å². The summed E-state index contributed by atoms with van der Waals surface area (Å²) in [4.78, 5) is 43.8. The van der Waals surface area contributed by atoms with E-state index in [-0.39, 0.29) is 21.4 Å². The minimum absolute atomic E-state index is 0.0448. The second-order valence-corrected chi connectivity index (χ2v) is 6.51. The van der Waals surface area contributed by atoms with Crippen LogP contribution in [0.4, 0.5) is 11.4 Å². The molecule has 14 heteroatoms. The number of benzene rings is 2. The van der Waals surface area contributed by atoms with E-state index in [1.165, 1.54) is 36.4 Å². The van der Waals surface area contributed by atoms with Crippen LogP contribution in [-0.4, -0.2) is 34.1 Å². The van der Waals surface area contributed by atoms with E-state index < -0.39 is 28.1 Å². The van der Waals surface area contributed by atoms with Crippen molar-refractivity contribution in [2.45, 2.75) is 6.42 Å². The number of carbonyl (C=O) groups is 2. The lowest BCUT2D eigenvalue weighted by molar-refractivity contribution is -0.384. The highest BCUT2D eigenvalue weighted by Crippen LogP contribution is 2.25. The number of nitro groups is 2. The smallest absolute Gasteiger partial charge is 0.273 e. The molecule has 160 valence electrons. The summed E-state index contributed by atoms with van der Waals surface area (Å²) in [7, 11) is 0. The number of halogens is 2. The van der Waals surface area contributed by atoms with Gasteiger partial charge in [-0.2, -0.15) is 10.2 Å². The van der Waals surface area contributed by atoms with Crippen molar-refractivity contribution in [1.82, 2.24) is 10.9 Å². The molecular formula is C17H12Cl2N6O6. The van der Waals surface area contributed by atoms with Crippen molar-refractivity contribution in [3.8, 4) is 0 Å². The van der Waals surface area contributed by atoms with Crippen molar-refractivity contribution in [3.63, 3.8) is 0 Å². The molecular weight excluding hydrogens is 455 g/mol. The molecule has 0 spiro atoms. The van der Waals surface area contributed by atoms with Crippen LogP contribution < -0.4 is 10.9 Å². The van der Waals surface area contributed by atoms with Crippen molar-refractivity contribution in [1.29, 1.82) is 0 Å². The quantitative estimate of drug-likeness (QED) is 0.262. The molecule has 2 aromatic carbocycles. The van der Waals surface area contributed by atoms with Crippen molar-refractivity contribution in [2.24, 2.45) is 10.2 Å². The molecule has 2 amide bonds. The summed E-state index contributed by atoms with van der Waals surface area (Å²) in [6.45, 7) is 0. The lowest BCUT2D eigenvalue weighted by Gasteiger charge is -2.00. The number of rotatable bonds is 8. The van der Waals surface area contributed by atoms with Crippen LogP contribution in [0.1, 0.15) is 17.5 Å². The van der Waals surface area contributed by atoms with Crippen LogP contribution in [0.2, 0.25) is 10.0 Å². The Kier molecular flexibility index (Phi) is 8.11. The maximum absolute atomic E-state index is 11.7. The maximum atomic E-state index is 11.7. The van der Waals surface area contributed by atoms with Crippen LogP contribution in [0.3, 0.4) is 0 Å². The molecule has 0 saturated heterocycles. The largest absolute Gasteiger partial charge is 0.288 e. The first-order valence-corrected chi connectivity index (χ1v) is 8.94. The fraction of sp³-hybridized carbons (Fsp3) is 0.0588. The SMILES string of the molecule is O=C(CC(=O)N/N=C\c1ccc(Cl)c([N+](=O)[O-])c1)N/N=C\c1ccc(Cl)c([N+](=O)[O-])c1. The highest BCUT2D eigenvalue weighted by atomic mass is 35.5. The number of hydrazone groups is 2. The third-order valence-electron chi connectivity index (χ3n) is 3.46. The lowest BCUT2D eigenvalue weighted by atomic mass is 10.2. The summed E-state index contributed by atoms with van der Waals surface area (Å²) in [6.07, 6.45) is 1.67. The number of amides is 2. The average Bonchev–Trinajstić information content (AvgIpc) is 2.70. The van der Waals surface area contributed by atoms with E-state index in [2.05, 4.69) is 21.1 Å². The van der Waals surface area contributed by atoms with E-state index in [1.54, 1.807) is 0 Å². The Labute approximate surface area is 183 Å². The lowest BCUT2D eigenvalue weighted by Crippen LogP contribution is -2.27. The van der Waals surface area contributed by atoms with E-state index in [0.717, 1.165) is 12.4 Å². The fourth-order valence-corrected chi connectivity index (χ4v) is 2.46. The normalized spacial score (nSPS) is 10.9. The number of carbonyl (C=O) groups excluding carboxylic acids is 2. The Morgan fingerprint density at radius 2 is 1.23 bits per heavy atom. The van der Waals surface area contributed by atoms with Gasteiger partial charge in [0.25, 0.3) is 11.4 Å². The zero-order valence-corrected chi connectivity index (χ0v) is 16.8. The number of hydrogen-bond acceptors (Lipinski definition) is 8. The Morgan fingerprint density at radius 1 is 0.839 bits per heavy atom. The van der Waals surface area contributed by atoms with Gasteiger partial charge in [0.1, 0.15) is 16.5 Å². The first-order valence-electron chi connectivity index (χ1n) is 8.19. The van der Waals surface area contributed by atoms with Gasteiger partial charge in [0.2, 0.25) is 11.8 Å². The Balaban J connectivity index is 1.86. The van der Waals surface area contributed by atoms with Gasteiger partial charge >= 0.3 is 0 Å². The third kappa shape index (κ3) is 7.13. The minimum atomic E-state index is -0.769. The van der Waals surface area contributed by atoms with Gasteiger partial charge in [0.15, 0.2) is 0 Å². The fourth-order valence-electron chi connectivity index (χ4n) is 2.08. The summed E-state index contributed by atoms with van der Waals surface area (Å²) in [6, 6.07) is 7.86. The van der Waals surface area contributed by atoms with E-state index in [9.17, 15) is 29.8 Å². The van der Waals surface area contributed by atoms with Gasteiger partial charge in [0, 0.05) is 23.3 Å². The molecule has 0 heterocycles. The molecule has 2 N–H and O–H groups in total. The standard InChI is InChI=1S/C17H12Cl2N6O6/c18-12-3-1-10(5-14(12)24(28)29)8-20-22-16(26)7-17(27)23-21-9-11-2-4-13(19)15(6-11)25(30)31/h1-6,8-9H,7H2,(H,22,26)(H,23,27)/b20-8-,21-9-. The number of nitro benzene ring substituents is 2. The number of nitrogens with zero attached hydrogens (tertiary/aromatic N) is 4. The Morgan fingerprint density at radius 3 is 1.58 bits per heavy atom. The van der Waals surface area contributed by atoms with E-state index in [0.29, 0.717) is 11.1 Å². The summed E-state index contributed by atoms with van der Waals surface area (Å²) >= 11 is 11.4. The minimum Gasteiger partial charge on any atom is -0.273 e. The van der Waals surface area contributed by atoms with Gasteiger partial charge in [0.05, 0.1) is 22.3 Å². The molecule has 0 atom stereocenters. The summed E-state index contributed by atoms with van der Waals surface area (Å²) in [5, 5.41) is 28.8. The predicted molar refractivity (Wildman–Crippen MR) is 112 cm³/mol. The number of hydrogen-bond donors (Lipinski definition) is 2. The third-order valence-corrected chi connectivity index (χ3v) is 4.10. The summed E-state index contributed by atoms with van der Waals surface area (Å²) in [5.74, 6) is -1.54. The Hall–Kier alpha value is -3.90. The van der Waals surface area contributed by atoms with Crippen molar-refractivity contribution < 1.29 is 19.4 Å². The van der Waals surface area contributed by atoms with Crippen molar-refractivity contribution in [2.75, 3.05) is 0 Å². The van der Waals surface area contributed by atoms with Crippen LogP contribution in [0, 0.1) is 20.2 Å². The highest BCUT2D eigenvalue weighted by molar-refractivity contribution is 6.33. The molecule has 2 aromatic rings. The molecule has 2 rings (SSSR count). The second-order valence-electron chi connectivity index (χ2n) is 5.70. The van der Waals surface area contributed by atoms with E-state index in [4.69, 9.17) is 23.2 Å². The first-order chi connectivity index (χ1) is 14.7. The Bertz CT molecular complexity index is 1020. The topological polar surface area (TPSA) is 169 Å². The monoisotopic (exact) mass is 466 g/mol. The molecule has 0 fully saturated rings. The number of nitrogens with one attached hydrogen (secondary N) is 2. The maximum Gasteiger partial charge on any atom is 0.288 e. The molecule has 0 bridgehead atoms. The zero-order chi connectivity index (χ0) is 23.0. The molecule has 0 saturated carbocycles. The summed E-state index contributed by atoms with van der Waals surface area (Å²) in [5.41, 5.74) is 4.15. The first kappa shape index (κ1) is 23.4. The summed E-state index contributed by atoms with van der Waals surface area (Å²) < 4.78 is 0. The predicted octanol–water partition coefficient (Wildman–Crippen LogP) is 2.80. The molecule has 0 aliphatic carbocycles. The van der Waals surface area contributed by atoms with Crippen molar-refractivity contribution >= 4 is 58.8 Å². The second kappa shape index (κ2) is 10.8. The van der Waals surface area contributed by atoms with Gasteiger partial charge in [-0.1, -0.05) is 35.3 Å². The van der Waals surface area contributed by atoms with E-state index >= 15 is 0 Å². The molecule has 31 heavy (non-hydrogen) atoms. The van der Waals surface area contributed by atoms with Crippen LogP contribution in [0.5, 0.6) is 0 Å². The van der Waals surface area contributed by atoms with Gasteiger partial charge in [-0.05, 0) is 12.1 Å². The van der Waals surface area contributed by atoms with Gasteiger partial charge in [-0.15, -0.1) is 0 Å². The van der Waals surface area contributed by atoms with Crippen LogP contribution >= 0.6 is 23.2 Å². The molecule has 0 radical (unpaired) electrons. The molecule has 0 aliphatic heterocycles. The highest BCUT2D eigenvalue weighted by Gasteiger charge is 2.13.